The van der Waals surface area contributed by atoms with Crippen molar-refractivity contribution < 1.29 is 28.2 Å². The Morgan fingerprint density at radius 3 is 2.32 bits per heavy atom. The van der Waals surface area contributed by atoms with Crippen molar-refractivity contribution in [2.24, 2.45) is 5.92 Å². The molecule has 2 saturated heterocycles. The van der Waals surface area contributed by atoms with Crippen molar-refractivity contribution >= 4 is 12.1 Å². The third-order valence-electron chi connectivity index (χ3n) is 4.92. The molecule has 0 saturated carbocycles. The number of nitrogens with zero attached hydrogens (tertiary/aromatic N) is 1. The highest BCUT2D eigenvalue weighted by atomic mass is 19.1. The Kier molecular flexibility index (Phi) is 5.14. The minimum Gasteiger partial charge on any atom is -0.465 e. The minimum absolute atomic E-state index is 0.0397. The number of cyclic esters (lactones) is 1. The summed E-state index contributed by atoms with van der Waals surface area (Å²) in [6.45, 7) is 1.72. The molecule has 1 amide bonds. The lowest BCUT2D eigenvalue weighted by Crippen LogP contribution is -2.48. The van der Waals surface area contributed by atoms with Crippen LogP contribution in [0, 0.1) is 11.7 Å². The van der Waals surface area contributed by atoms with Gasteiger partial charge in [0.2, 0.25) is 0 Å². The van der Waals surface area contributed by atoms with Gasteiger partial charge in [0.05, 0.1) is 19.6 Å². The van der Waals surface area contributed by atoms with Crippen LogP contribution >= 0.6 is 0 Å². The molecule has 0 spiro atoms. The fourth-order valence-electron chi connectivity index (χ4n) is 3.24. The summed E-state index contributed by atoms with van der Waals surface area (Å²) < 4.78 is 28.7. The maximum atomic E-state index is 12.9. The number of benzene rings is 2. The molecule has 2 aliphatic rings. The van der Waals surface area contributed by atoms with Crippen LogP contribution in [-0.2, 0) is 14.3 Å². The first kappa shape index (κ1) is 18.3. The monoisotopic (exact) mass is 385 g/mol. The van der Waals surface area contributed by atoms with Gasteiger partial charge in [0.1, 0.15) is 17.3 Å². The molecule has 0 aromatic heterocycles. The SMILES string of the molecule is O=C1C[C@H](COC(=O)N2CC(c3ccc(Oc4ccc(F)cc4)cc3)C2)CO1. The molecule has 146 valence electrons. The fraction of sp³-hybridized carbons (Fsp3) is 0.333. The van der Waals surface area contributed by atoms with E-state index >= 15 is 0 Å². The molecule has 0 bridgehead atoms. The lowest BCUT2D eigenvalue weighted by molar-refractivity contribution is -0.137. The molecule has 2 fully saturated rings. The van der Waals surface area contributed by atoms with Crippen molar-refractivity contribution in [1.29, 1.82) is 0 Å². The molecule has 1 atom stereocenters. The summed E-state index contributed by atoms with van der Waals surface area (Å²) in [7, 11) is 0. The Morgan fingerprint density at radius 2 is 1.71 bits per heavy atom. The van der Waals surface area contributed by atoms with E-state index in [2.05, 4.69) is 0 Å². The molecule has 2 aliphatic heterocycles. The molecule has 0 unspecified atom stereocenters. The summed E-state index contributed by atoms with van der Waals surface area (Å²) in [6.07, 6.45) is -0.0470. The summed E-state index contributed by atoms with van der Waals surface area (Å²) in [5, 5.41) is 0. The predicted octanol–water partition coefficient (Wildman–Crippen LogP) is 3.72. The Hall–Kier alpha value is -3.09. The lowest BCUT2D eigenvalue weighted by Gasteiger charge is -2.38. The number of halogens is 1. The number of ether oxygens (including phenoxy) is 3. The quantitative estimate of drug-likeness (QED) is 0.734. The maximum absolute atomic E-state index is 12.9. The van der Waals surface area contributed by atoms with Gasteiger partial charge in [0, 0.05) is 24.9 Å². The Balaban J connectivity index is 1.23. The van der Waals surface area contributed by atoms with Crippen molar-refractivity contribution in [3.63, 3.8) is 0 Å². The van der Waals surface area contributed by atoms with E-state index < -0.39 is 0 Å². The van der Waals surface area contributed by atoms with E-state index in [9.17, 15) is 14.0 Å². The summed E-state index contributed by atoms with van der Waals surface area (Å²) >= 11 is 0. The van der Waals surface area contributed by atoms with Gasteiger partial charge >= 0.3 is 12.1 Å². The van der Waals surface area contributed by atoms with Crippen LogP contribution < -0.4 is 4.74 Å². The Labute approximate surface area is 161 Å². The normalized spacial score (nSPS) is 19.1. The predicted molar refractivity (Wildman–Crippen MR) is 97.6 cm³/mol. The second-order valence-corrected chi connectivity index (χ2v) is 7.06. The smallest absolute Gasteiger partial charge is 0.409 e. The van der Waals surface area contributed by atoms with Gasteiger partial charge in [-0.15, -0.1) is 0 Å². The molecule has 4 rings (SSSR count). The standard InChI is InChI=1S/C21H20FNO5/c22-17-3-7-19(8-4-17)28-18-5-1-15(2-6-18)16-10-23(11-16)21(25)27-13-14-9-20(24)26-12-14/h1-8,14,16H,9-13H2/t14-/m0/s1. The van der Waals surface area contributed by atoms with Crippen molar-refractivity contribution in [2.75, 3.05) is 26.3 Å². The van der Waals surface area contributed by atoms with E-state index in [1.165, 1.54) is 12.1 Å². The Bertz CT molecular complexity index is 846. The average Bonchev–Trinajstić information content (AvgIpc) is 3.07. The van der Waals surface area contributed by atoms with Crippen LogP contribution in [0.15, 0.2) is 48.5 Å². The largest absolute Gasteiger partial charge is 0.465 e. The van der Waals surface area contributed by atoms with E-state index in [1.54, 1.807) is 17.0 Å². The molecule has 6 nitrogen and oxygen atoms in total. The van der Waals surface area contributed by atoms with E-state index in [4.69, 9.17) is 14.2 Å². The van der Waals surface area contributed by atoms with Crippen LogP contribution in [0.2, 0.25) is 0 Å². The molecule has 2 aromatic carbocycles. The molecule has 0 aliphatic carbocycles. The van der Waals surface area contributed by atoms with Gasteiger partial charge < -0.3 is 19.1 Å². The average molecular weight is 385 g/mol. The summed E-state index contributed by atoms with van der Waals surface area (Å²) in [6, 6.07) is 13.5. The van der Waals surface area contributed by atoms with Crippen LogP contribution in [0.5, 0.6) is 11.5 Å². The van der Waals surface area contributed by atoms with Crippen LogP contribution in [0.25, 0.3) is 0 Å². The number of amides is 1. The number of carbonyl (C=O) groups excluding carboxylic acids is 2. The first-order valence-corrected chi connectivity index (χ1v) is 9.17. The highest BCUT2D eigenvalue weighted by molar-refractivity contribution is 5.72. The fourth-order valence-corrected chi connectivity index (χ4v) is 3.24. The summed E-state index contributed by atoms with van der Waals surface area (Å²) in [4.78, 5) is 24.7. The number of esters is 1. The molecular formula is C21H20FNO5. The molecule has 0 N–H and O–H groups in total. The minimum atomic E-state index is -0.355. The van der Waals surface area contributed by atoms with E-state index in [1.807, 2.05) is 24.3 Å². The van der Waals surface area contributed by atoms with Gasteiger partial charge in [-0.3, -0.25) is 4.79 Å². The highest BCUT2D eigenvalue weighted by Crippen LogP contribution is 2.30. The molecule has 28 heavy (non-hydrogen) atoms. The third-order valence-corrected chi connectivity index (χ3v) is 4.92. The zero-order chi connectivity index (χ0) is 19.5. The van der Waals surface area contributed by atoms with Crippen LogP contribution in [0.4, 0.5) is 9.18 Å². The number of carbonyl (C=O) groups is 2. The second-order valence-electron chi connectivity index (χ2n) is 7.06. The van der Waals surface area contributed by atoms with Crippen LogP contribution in [-0.4, -0.2) is 43.3 Å². The van der Waals surface area contributed by atoms with Gasteiger partial charge in [-0.05, 0) is 42.0 Å². The molecule has 0 radical (unpaired) electrons. The lowest BCUT2D eigenvalue weighted by atomic mass is 9.92. The second kappa shape index (κ2) is 7.88. The number of hydrogen-bond acceptors (Lipinski definition) is 5. The summed E-state index contributed by atoms with van der Waals surface area (Å²) in [5.74, 6) is 0.907. The van der Waals surface area contributed by atoms with E-state index in [0.29, 0.717) is 37.6 Å². The first-order chi connectivity index (χ1) is 13.6. The van der Waals surface area contributed by atoms with Gasteiger partial charge in [0.25, 0.3) is 0 Å². The molecule has 2 aromatic rings. The van der Waals surface area contributed by atoms with E-state index in [0.717, 1.165) is 5.56 Å². The van der Waals surface area contributed by atoms with Crippen LogP contribution in [0.3, 0.4) is 0 Å². The van der Waals surface area contributed by atoms with Gasteiger partial charge in [-0.1, -0.05) is 12.1 Å². The van der Waals surface area contributed by atoms with Crippen molar-refractivity contribution in [2.45, 2.75) is 12.3 Å². The first-order valence-electron chi connectivity index (χ1n) is 9.17. The number of likely N-dealkylation sites (tertiary alicyclic amines) is 1. The number of rotatable bonds is 5. The zero-order valence-corrected chi connectivity index (χ0v) is 15.2. The zero-order valence-electron chi connectivity index (χ0n) is 15.2. The van der Waals surface area contributed by atoms with Gasteiger partial charge in [-0.2, -0.15) is 0 Å². The topological polar surface area (TPSA) is 65.1 Å². The maximum Gasteiger partial charge on any atom is 0.409 e. The third kappa shape index (κ3) is 4.24. The Morgan fingerprint density at radius 1 is 1.07 bits per heavy atom. The van der Waals surface area contributed by atoms with Crippen molar-refractivity contribution in [1.82, 2.24) is 4.90 Å². The van der Waals surface area contributed by atoms with Crippen LogP contribution in [0.1, 0.15) is 17.9 Å². The molecule has 7 heteroatoms. The van der Waals surface area contributed by atoms with Gasteiger partial charge in [-0.25, -0.2) is 9.18 Å². The van der Waals surface area contributed by atoms with Crippen molar-refractivity contribution in [3.05, 3.63) is 59.9 Å². The van der Waals surface area contributed by atoms with E-state index in [-0.39, 0.29) is 36.3 Å². The van der Waals surface area contributed by atoms with Crippen molar-refractivity contribution in [3.8, 4) is 11.5 Å². The van der Waals surface area contributed by atoms with Gasteiger partial charge in [0.15, 0.2) is 0 Å². The molecular weight excluding hydrogens is 365 g/mol. The highest BCUT2D eigenvalue weighted by Gasteiger charge is 2.33. The number of hydrogen-bond donors (Lipinski definition) is 0. The molecule has 2 heterocycles. The summed E-state index contributed by atoms with van der Waals surface area (Å²) in [5.41, 5.74) is 1.12.